The number of carbonyl (C=O) groups is 2. The summed E-state index contributed by atoms with van der Waals surface area (Å²) >= 11 is 0. The predicted octanol–water partition coefficient (Wildman–Crippen LogP) is 3.79. The molecule has 2 amide bonds. The maximum absolute atomic E-state index is 13.2. The van der Waals surface area contributed by atoms with Crippen molar-refractivity contribution in [2.75, 3.05) is 6.54 Å². The zero-order valence-electron chi connectivity index (χ0n) is 16.8. The number of amides is 2. The molecule has 144 valence electrons. The van der Waals surface area contributed by atoms with Gasteiger partial charge in [0, 0.05) is 13.1 Å². The Morgan fingerprint density at radius 2 is 1.78 bits per heavy atom. The van der Waals surface area contributed by atoms with Gasteiger partial charge in [-0.05, 0) is 43.9 Å². The van der Waals surface area contributed by atoms with E-state index in [2.05, 4.69) is 11.4 Å². The molecule has 2 rings (SSSR count). The van der Waals surface area contributed by atoms with Gasteiger partial charge >= 0.3 is 0 Å². The molecule has 0 aromatic heterocycles. The van der Waals surface area contributed by atoms with Crippen LogP contribution in [0.5, 0.6) is 0 Å². The van der Waals surface area contributed by atoms with E-state index in [4.69, 9.17) is 0 Å². The number of aryl methyl sites for hydroxylation is 2. The minimum Gasteiger partial charge on any atom is -0.355 e. The van der Waals surface area contributed by atoms with E-state index >= 15 is 0 Å². The first kappa shape index (κ1) is 20.7. The first-order chi connectivity index (χ1) is 13.0. The second-order valence-corrected chi connectivity index (χ2v) is 6.93. The third-order valence-electron chi connectivity index (χ3n) is 4.78. The lowest BCUT2D eigenvalue weighted by molar-refractivity contribution is -0.140. The smallest absolute Gasteiger partial charge is 0.242 e. The van der Waals surface area contributed by atoms with Gasteiger partial charge in [0.25, 0.3) is 0 Å². The van der Waals surface area contributed by atoms with Crippen LogP contribution in [0.25, 0.3) is 0 Å². The Balaban J connectivity index is 2.30. The van der Waals surface area contributed by atoms with Crippen molar-refractivity contribution in [2.45, 2.75) is 53.1 Å². The second-order valence-electron chi connectivity index (χ2n) is 6.93. The fourth-order valence-corrected chi connectivity index (χ4v) is 3.29. The van der Waals surface area contributed by atoms with Crippen molar-refractivity contribution >= 4 is 11.8 Å². The number of nitrogens with zero attached hydrogens (tertiary/aromatic N) is 1. The average molecular weight is 367 g/mol. The Bertz CT molecular complexity index is 785. The SMILES string of the molecule is CCNC(=O)[C@@H](CC)N(Cc1cccc(C)c1)C(=O)Cc1ccccc1C. The van der Waals surface area contributed by atoms with E-state index in [1.807, 2.05) is 70.2 Å². The zero-order chi connectivity index (χ0) is 19.8. The summed E-state index contributed by atoms with van der Waals surface area (Å²) in [6, 6.07) is 15.5. The Kier molecular flexibility index (Phi) is 7.59. The van der Waals surface area contributed by atoms with Crippen LogP contribution in [0.2, 0.25) is 0 Å². The van der Waals surface area contributed by atoms with Crippen LogP contribution < -0.4 is 5.32 Å². The van der Waals surface area contributed by atoms with Crippen molar-refractivity contribution in [2.24, 2.45) is 0 Å². The molecule has 0 bridgehead atoms. The van der Waals surface area contributed by atoms with Gasteiger partial charge in [0.1, 0.15) is 6.04 Å². The number of hydrogen-bond acceptors (Lipinski definition) is 2. The minimum absolute atomic E-state index is 0.0242. The lowest BCUT2D eigenvalue weighted by Gasteiger charge is -2.31. The van der Waals surface area contributed by atoms with Gasteiger partial charge in [-0.25, -0.2) is 0 Å². The number of nitrogens with one attached hydrogen (secondary N) is 1. The lowest BCUT2D eigenvalue weighted by atomic mass is 10.0. The molecular weight excluding hydrogens is 336 g/mol. The quantitative estimate of drug-likeness (QED) is 0.773. The van der Waals surface area contributed by atoms with Gasteiger partial charge in [0.2, 0.25) is 11.8 Å². The molecule has 0 saturated carbocycles. The molecule has 0 aliphatic carbocycles. The number of benzene rings is 2. The topological polar surface area (TPSA) is 49.4 Å². The second kappa shape index (κ2) is 9.91. The molecule has 0 aliphatic heterocycles. The number of hydrogen-bond donors (Lipinski definition) is 1. The van der Waals surface area contributed by atoms with E-state index in [-0.39, 0.29) is 11.8 Å². The fourth-order valence-electron chi connectivity index (χ4n) is 3.29. The maximum Gasteiger partial charge on any atom is 0.242 e. The third-order valence-corrected chi connectivity index (χ3v) is 4.78. The molecule has 1 atom stereocenters. The van der Waals surface area contributed by atoms with E-state index in [9.17, 15) is 9.59 Å². The highest BCUT2D eigenvalue weighted by molar-refractivity contribution is 5.88. The summed E-state index contributed by atoms with van der Waals surface area (Å²) in [4.78, 5) is 27.5. The Hall–Kier alpha value is -2.62. The highest BCUT2D eigenvalue weighted by Crippen LogP contribution is 2.17. The zero-order valence-corrected chi connectivity index (χ0v) is 16.8. The molecule has 0 fully saturated rings. The first-order valence-electron chi connectivity index (χ1n) is 9.63. The van der Waals surface area contributed by atoms with Gasteiger partial charge in [-0.15, -0.1) is 0 Å². The Morgan fingerprint density at radius 1 is 1.04 bits per heavy atom. The summed E-state index contributed by atoms with van der Waals surface area (Å²) in [7, 11) is 0. The molecule has 0 saturated heterocycles. The molecule has 0 radical (unpaired) electrons. The Morgan fingerprint density at radius 3 is 2.41 bits per heavy atom. The molecule has 4 heteroatoms. The van der Waals surface area contributed by atoms with Gasteiger partial charge < -0.3 is 10.2 Å². The van der Waals surface area contributed by atoms with Crippen LogP contribution in [-0.2, 0) is 22.6 Å². The molecule has 1 N–H and O–H groups in total. The molecule has 0 heterocycles. The van der Waals surface area contributed by atoms with Crippen LogP contribution >= 0.6 is 0 Å². The van der Waals surface area contributed by atoms with Gasteiger partial charge in [-0.2, -0.15) is 0 Å². The summed E-state index contributed by atoms with van der Waals surface area (Å²) in [5, 5.41) is 2.87. The lowest BCUT2D eigenvalue weighted by Crippen LogP contribution is -2.49. The average Bonchev–Trinajstić information content (AvgIpc) is 2.63. The van der Waals surface area contributed by atoms with Gasteiger partial charge in [-0.1, -0.05) is 61.0 Å². The van der Waals surface area contributed by atoms with Gasteiger partial charge in [0.15, 0.2) is 0 Å². The molecule has 27 heavy (non-hydrogen) atoms. The third kappa shape index (κ3) is 5.68. The standard InChI is InChI=1S/C23H30N2O2/c1-5-21(23(27)24-6-2)25(16-19-12-9-10-17(3)14-19)22(26)15-20-13-8-7-11-18(20)4/h7-14,21H,5-6,15-16H2,1-4H3,(H,24,27)/t21-/m1/s1. The molecule has 4 nitrogen and oxygen atoms in total. The molecule has 0 unspecified atom stereocenters. The van der Waals surface area contributed by atoms with Crippen LogP contribution in [0.1, 0.15) is 42.5 Å². The molecule has 2 aromatic carbocycles. The van der Waals surface area contributed by atoms with E-state index in [1.54, 1.807) is 4.90 Å². The summed E-state index contributed by atoms with van der Waals surface area (Å²) in [6.45, 7) is 8.87. The van der Waals surface area contributed by atoms with Crippen molar-refractivity contribution in [1.82, 2.24) is 10.2 Å². The minimum atomic E-state index is -0.470. The largest absolute Gasteiger partial charge is 0.355 e. The van der Waals surface area contributed by atoms with E-state index in [0.29, 0.717) is 25.9 Å². The Labute approximate surface area is 162 Å². The van der Waals surface area contributed by atoms with Crippen LogP contribution in [0.15, 0.2) is 48.5 Å². The summed E-state index contributed by atoms with van der Waals surface area (Å²) < 4.78 is 0. The molecular formula is C23H30N2O2. The summed E-state index contributed by atoms with van der Waals surface area (Å²) in [5.74, 6) is -0.116. The van der Waals surface area contributed by atoms with Crippen molar-refractivity contribution in [3.05, 3.63) is 70.8 Å². The van der Waals surface area contributed by atoms with Crippen LogP contribution in [0.3, 0.4) is 0 Å². The predicted molar refractivity (Wildman–Crippen MR) is 109 cm³/mol. The number of carbonyl (C=O) groups excluding carboxylic acids is 2. The van der Waals surface area contributed by atoms with E-state index in [1.165, 1.54) is 0 Å². The van der Waals surface area contributed by atoms with Crippen molar-refractivity contribution < 1.29 is 9.59 Å². The molecule has 2 aromatic rings. The van der Waals surface area contributed by atoms with Crippen LogP contribution in [0, 0.1) is 13.8 Å². The normalized spacial score (nSPS) is 11.7. The fraction of sp³-hybridized carbons (Fsp3) is 0.391. The molecule has 0 spiro atoms. The van der Waals surface area contributed by atoms with Crippen molar-refractivity contribution in [1.29, 1.82) is 0 Å². The summed E-state index contributed by atoms with van der Waals surface area (Å²) in [5.41, 5.74) is 4.27. The monoisotopic (exact) mass is 366 g/mol. The van der Waals surface area contributed by atoms with Crippen molar-refractivity contribution in [3.63, 3.8) is 0 Å². The van der Waals surface area contributed by atoms with Crippen LogP contribution in [-0.4, -0.2) is 29.3 Å². The maximum atomic E-state index is 13.2. The first-order valence-corrected chi connectivity index (χ1v) is 9.63. The number of likely N-dealkylation sites (N-methyl/N-ethyl adjacent to an activating group) is 1. The van der Waals surface area contributed by atoms with E-state index in [0.717, 1.165) is 22.3 Å². The highest BCUT2D eigenvalue weighted by Gasteiger charge is 2.28. The number of rotatable bonds is 8. The van der Waals surface area contributed by atoms with Gasteiger partial charge in [-0.3, -0.25) is 9.59 Å². The molecule has 0 aliphatic rings. The van der Waals surface area contributed by atoms with Crippen molar-refractivity contribution in [3.8, 4) is 0 Å². The van der Waals surface area contributed by atoms with Gasteiger partial charge in [0.05, 0.1) is 6.42 Å². The van der Waals surface area contributed by atoms with Crippen LogP contribution in [0.4, 0.5) is 0 Å². The highest BCUT2D eigenvalue weighted by atomic mass is 16.2. The van der Waals surface area contributed by atoms with E-state index < -0.39 is 6.04 Å². The summed E-state index contributed by atoms with van der Waals surface area (Å²) in [6.07, 6.45) is 0.881.